The molecule has 4 rings (SSSR count). The van der Waals surface area contributed by atoms with Crippen molar-refractivity contribution >= 4 is 5.91 Å². The lowest BCUT2D eigenvalue weighted by atomic mass is 10.1. The second-order valence-electron chi connectivity index (χ2n) is 7.85. The predicted octanol–water partition coefficient (Wildman–Crippen LogP) is 4.18. The van der Waals surface area contributed by atoms with Gasteiger partial charge in [0.25, 0.3) is 5.91 Å². The van der Waals surface area contributed by atoms with E-state index in [9.17, 15) is 9.90 Å². The fourth-order valence-electron chi connectivity index (χ4n) is 3.43. The number of benzene rings is 2. The Labute approximate surface area is 192 Å². The molecule has 33 heavy (non-hydrogen) atoms. The smallest absolute Gasteiger partial charge is 0.271 e. The number of ether oxygens (including phenoxy) is 1. The zero-order valence-corrected chi connectivity index (χ0v) is 18.6. The van der Waals surface area contributed by atoms with Crippen LogP contribution in [-0.2, 0) is 0 Å². The maximum absolute atomic E-state index is 12.9. The van der Waals surface area contributed by atoms with Crippen LogP contribution in [0.2, 0.25) is 0 Å². The highest BCUT2D eigenvalue weighted by Gasteiger charge is 2.18. The molecule has 2 aromatic heterocycles. The number of nitrogens with zero attached hydrogens (tertiary/aromatic N) is 3. The summed E-state index contributed by atoms with van der Waals surface area (Å²) in [5.74, 6) is 0.905. The van der Waals surface area contributed by atoms with E-state index in [-0.39, 0.29) is 24.2 Å². The minimum atomic E-state index is -0.879. The first-order valence-corrected chi connectivity index (χ1v) is 10.8. The van der Waals surface area contributed by atoms with Gasteiger partial charge in [0.1, 0.15) is 5.75 Å². The third kappa shape index (κ3) is 5.45. The summed E-state index contributed by atoms with van der Waals surface area (Å²) < 4.78 is 7.33. The second-order valence-corrected chi connectivity index (χ2v) is 7.85. The van der Waals surface area contributed by atoms with Crippen LogP contribution in [-0.4, -0.2) is 38.4 Å². The van der Waals surface area contributed by atoms with E-state index in [0.717, 1.165) is 11.3 Å². The molecule has 0 spiro atoms. The topological polar surface area (TPSA) is 89.3 Å². The first kappa shape index (κ1) is 22.2. The molecule has 2 N–H and O–H groups in total. The number of amides is 1. The van der Waals surface area contributed by atoms with Crippen molar-refractivity contribution in [1.29, 1.82) is 0 Å². The quantitative estimate of drug-likeness (QED) is 0.427. The van der Waals surface area contributed by atoms with E-state index < -0.39 is 6.10 Å². The Balaban J connectivity index is 1.52. The van der Waals surface area contributed by atoms with E-state index in [2.05, 4.69) is 15.4 Å². The molecule has 4 aromatic rings. The lowest BCUT2D eigenvalue weighted by molar-refractivity contribution is 0.0911. The summed E-state index contributed by atoms with van der Waals surface area (Å²) in [6.07, 6.45) is 0.834. The number of nitrogens with one attached hydrogen (secondary N) is 1. The summed E-state index contributed by atoms with van der Waals surface area (Å²) in [5.41, 5.74) is 2.57. The van der Waals surface area contributed by atoms with E-state index >= 15 is 0 Å². The summed E-state index contributed by atoms with van der Waals surface area (Å²) in [6.45, 7) is 3.93. The summed E-state index contributed by atoms with van der Waals surface area (Å²) in [4.78, 5) is 17.2. The fourth-order valence-corrected chi connectivity index (χ4v) is 3.43. The molecule has 0 radical (unpaired) electrons. The summed E-state index contributed by atoms with van der Waals surface area (Å²) in [5, 5.41) is 17.9. The molecule has 168 valence electrons. The summed E-state index contributed by atoms with van der Waals surface area (Å²) in [6, 6.07) is 24.2. The minimum Gasteiger partial charge on any atom is -0.491 e. The van der Waals surface area contributed by atoms with Crippen LogP contribution in [0.1, 0.15) is 36.0 Å². The van der Waals surface area contributed by atoms with Gasteiger partial charge in [-0.3, -0.25) is 4.79 Å². The van der Waals surface area contributed by atoms with Gasteiger partial charge >= 0.3 is 0 Å². The van der Waals surface area contributed by atoms with Gasteiger partial charge in [-0.1, -0.05) is 48.5 Å². The molecule has 0 aliphatic rings. The highest BCUT2D eigenvalue weighted by molar-refractivity contribution is 5.93. The molecule has 0 saturated heterocycles. The summed E-state index contributed by atoms with van der Waals surface area (Å²) in [7, 11) is 0. The summed E-state index contributed by atoms with van der Waals surface area (Å²) >= 11 is 0. The molecule has 0 bridgehead atoms. The molecule has 0 aliphatic carbocycles. The third-order valence-corrected chi connectivity index (χ3v) is 4.95. The van der Waals surface area contributed by atoms with Crippen LogP contribution in [0.3, 0.4) is 0 Å². The van der Waals surface area contributed by atoms with Gasteiger partial charge in [0.15, 0.2) is 11.5 Å². The number of rotatable bonds is 8. The molecule has 1 amide bonds. The Hall–Kier alpha value is -3.97. The van der Waals surface area contributed by atoms with Crippen LogP contribution in [0.5, 0.6) is 5.75 Å². The number of hydrogen-bond donors (Lipinski definition) is 2. The standard InChI is InChI=1S/C26H26N4O3/c1-18(2)33-21-12-8-11-20(15-21)24(31)17-28-26(32)22-16-23(19-9-4-3-5-10-19)30(29-22)25-13-6-7-14-27-25/h3-16,18,24,31H,17H2,1-2H3,(H,28,32). The van der Waals surface area contributed by atoms with Crippen molar-refractivity contribution in [3.63, 3.8) is 0 Å². The van der Waals surface area contributed by atoms with Crippen molar-refractivity contribution in [3.05, 3.63) is 96.3 Å². The number of pyridine rings is 1. The lowest BCUT2D eigenvalue weighted by Crippen LogP contribution is -2.28. The van der Waals surface area contributed by atoms with Gasteiger partial charge in [-0.15, -0.1) is 0 Å². The van der Waals surface area contributed by atoms with Gasteiger partial charge in [-0.2, -0.15) is 5.10 Å². The van der Waals surface area contributed by atoms with Crippen LogP contribution >= 0.6 is 0 Å². The Bertz CT molecular complexity index is 1150. The number of aromatic nitrogens is 3. The zero-order chi connectivity index (χ0) is 23.2. The highest BCUT2D eigenvalue weighted by Crippen LogP contribution is 2.24. The Morgan fingerprint density at radius 3 is 2.55 bits per heavy atom. The Morgan fingerprint density at radius 2 is 1.82 bits per heavy atom. The van der Waals surface area contributed by atoms with Gasteiger partial charge in [0.2, 0.25) is 0 Å². The molecule has 7 nitrogen and oxygen atoms in total. The normalized spacial score (nSPS) is 11.9. The van der Waals surface area contributed by atoms with E-state index in [4.69, 9.17) is 4.74 Å². The van der Waals surface area contributed by atoms with Gasteiger partial charge in [-0.05, 0) is 49.7 Å². The maximum atomic E-state index is 12.9. The zero-order valence-electron chi connectivity index (χ0n) is 18.6. The molecule has 2 aromatic carbocycles. The second kappa shape index (κ2) is 10.1. The lowest BCUT2D eigenvalue weighted by Gasteiger charge is -2.14. The van der Waals surface area contributed by atoms with Gasteiger partial charge in [0.05, 0.1) is 17.9 Å². The first-order chi connectivity index (χ1) is 16.0. The molecule has 7 heteroatoms. The average molecular weight is 443 g/mol. The molecular formula is C26H26N4O3. The monoisotopic (exact) mass is 442 g/mol. The van der Waals surface area contributed by atoms with Gasteiger partial charge in [0, 0.05) is 18.3 Å². The predicted molar refractivity (Wildman–Crippen MR) is 126 cm³/mol. The average Bonchev–Trinajstić information content (AvgIpc) is 3.29. The molecule has 2 heterocycles. The maximum Gasteiger partial charge on any atom is 0.271 e. The Morgan fingerprint density at radius 1 is 1.03 bits per heavy atom. The fraction of sp³-hybridized carbons (Fsp3) is 0.192. The van der Waals surface area contributed by atoms with Crippen LogP contribution in [0.25, 0.3) is 17.1 Å². The van der Waals surface area contributed by atoms with Crippen molar-refractivity contribution in [1.82, 2.24) is 20.1 Å². The number of hydrogen-bond acceptors (Lipinski definition) is 5. The van der Waals surface area contributed by atoms with Crippen molar-refractivity contribution in [2.45, 2.75) is 26.1 Å². The van der Waals surface area contributed by atoms with Gasteiger partial charge < -0.3 is 15.2 Å². The SMILES string of the molecule is CC(C)Oc1cccc(C(O)CNC(=O)c2cc(-c3ccccc3)n(-c3ccccn3)n2)c1. The van der Waals surface area contributed by atoms with Crippen LogP contribution in [0, 0.1) is 0 Å². The van der Waals surface area contributed by atoms with E-state index in [1.165, 1.54) is 0 Å². The van der Waals surface area contributed by atoms with Crippen LogP contribution < -0.4 is 10.1 Å². The van der Waals surface area contributed by atoms with E-state index in [0.29, 0.717) is 17.1 Å². The Kier molecular flexibility index (Phi) is 6.80. The first-order valence-electron chi connectivity index (χ1n) is 10.8. The molecular weight excluding hydrogens is 416 g/mol. The number of aliphatic hydroxyl groups excluding tert-OH is 1. The van der Waals surface area contributed by atoms with Gasteiger partial charge in [-0.25, -0.2) is 9.67 Å². The molecule has 0 aliphatic heterocycles. The van der Waals surface area contributed by atoms with Crippen LogP contribution in [0.15, 0.2) is 85.1 Å². The van der Waals surface area contributed by atoms with Crippen molar-refractivity contribution in [2.75, 3.05) is 6.54 Å². The highest BCUT2D eigenvalue weighted by atomic mass is 16.5. The molecule has 0 saturated carbocycles. The molecule has 1 atom stereocenters. The number of aliphatic hydroxyl groups is 1. The van der Waals surface area contributed by atoms with Crippen molar-refractivity contribution < 1.29 is 14.6 Å². The van der Waals surface area contributed by atoms with E-state index in [1.807, 2.05) is 74.5 Å². The third-order valence-electron chi connectivity index (χ3n) is 4.95. The number of carbonyl (C=O) groups excluding carboxylic acids is 1. The minimum absolute atomic E-state index is 0.0325. The molecule has 0 fully saturated rings. The molecule has 1 unspecified atom stereocenters. The number of carbonyl (C=O) groups is 1. The van der Waals surface area contributed by atoms with Crippen molar-refractivity contribution in [2.24, 2.45) is 0 Å². The van der Waals surface area contributed by atoms with Crippen LogP contribution in [0.4, 0.5) is 0 Å². The largest absolute Gasteiger partial charge is 0.491 e. The van der Waals surface area contributed by atoms with Crippen molar-refractivity contribution in [3.8, 4) is 22.8 Å². The van der Waals surface area contributed by atoms with E-state index in [1.54, 1.807) is 29.1 Å².